The van der Waals surface area contributed by atoms with Gasteiger partial charge in [0, 0.05) is 11.1 Å². The van der Waals surface area contributed by atoms with Crippen LogP contribution in [0.5, 0.6) is 0 Å². The third-order valence-corrected chi connectivity index (χ3v) is 7.73. The van der Waals surface area contributed by atoms with E-state index in [1.165, 1.54) is 28.5 Å². The molecular formula is C17H12ClN6NaO5S3. The van der Waals surface area contributed by atoms with E-state index in [9.17, 15) is 24.7 Å². The number of thiazole rings is 2. The van der Waals surface area contributed by atoms with E-state index in [1.54, 1.807) is 17.7 Å². The molecule has 33 heavy (non-hydrogen) atoms. The third kappa shape index (κ3) is 4.96. The quantitative estimate of drug-likeness (QED) is 0.116. The van der Waals surface area contributed by atoms with Crippen LogP contribution in [0.15, 0.2) is 33.4 Å². The van der Waals surface area contributed by atoms with Gasteiger partial charge in [0.05, 0.1) is 22.1 Å². The number of aromatic nitrogens is 2. The monoisotopic (exact) mass is 534 g/mol. The number of aliphatic carboxylic acids is 1. The number of nitrogens with one attached hydrogen (secondary N) is 1. The minimum atomic E-state index is -1.51. The van der Waals surface area contributed by atoms with Gasteiger partial charge in [-0.25, -0.2) is 9.97 Å². The molecule has 1 unspecified atom stereocenters. The van der Waals surface area contributed by atoms with Crippen molar-refractivity contribution in [3.8, 4) is 0 Å². The fourth-order valence-electron chi connectivity index (χ4n) is 3.11. The van der Waals surface area contributed by atoms with Gasteiger partial charge in [0.25, 0.3) is 11.8 Å². The number of nitrogens with two attached hydrogens (primary N) is 1. The van der Waals surface area contributed by atoms with Crippen LogP contribution in [0.1, 0.15) is 10.6 Å². The first-order chi connectivity index (χ1) is 15.3. The van der Waals surface area contributed by atoms with Crippen molar-refractivity contribution < 1.29 is 54.3 Å². The number of anilines is 1. The summed E-state index contributed by atoms with van der Waals surface area (Å²) < 4.78 is 0. The first-order valence-corrected chi connectivity index (χ1v) is 11.9. The van der Waals surface area contributed by atoms with E-state index in [1.807, 2.05) is 0 Å². The predicted octanol–water partition coefficient (Wildman–Crippen LogP) is -2.87. The SMILES string of the molecule is Nc1nc(C(=NO)C(=O)NC2C(=O)N3C(C(=O)[O-])=C(C=Cc4scnc4Cl)CS[C@@H]23)cs1.[Na+]. The molecule has 1 saturated heterocycles. The van der Waals surface area contributed by atoms with Gasteiger partial charge >= 0.3 is 29.6 Å². The summed E-state index contributed by atoms with van der Waals surface area (Å²) in [6.45, 7) is 0. The Morgan fingerprint density at radius 1 is 1.39 bits per heavy atom. The van der Waals surface area contributed by atoms with Crippen LogP contribution in [-0.4, -0.2) is 60.7 Å². The maximum atomic E-state index is 12.7. The Balaban J connectivity index is 0.00000306. The van der Waals surface area contributed by atoms with Crippen molar-refractivity contribution >= 4 is 80.7 Å². The average Bonchev–Trinajstić information content (AvgIpc) is 3.37. The van der Waals surface area contributed by atoms with Crippen molar-refractivity contribution in [2.45, 2.75) is 11.4 Å². The summed E-state index contributed by atoms with van der Waals surface area (Å²) in [6.07, 6.45) is 3.17. The van der Waals surface area contributed by atoms with Gasteiger partial charge in [-0.1, -0.05) is 22.8 Å². The average molecular weight is 535 g/mol. The molecule has 1 fully saturated rings. The zero-order chi connectivity index (χ0) is 23.0. The number of carbonyl (C=O) groups excluding carboxylic acids is 3. The molecule has 4 N–H and O–H groups in total. The van der Waals surface area contributed by atoms with E-state index >= 15 is 0 Å². The molecule has 4 heterocycles. The molecule has 0 aliphatic carbocycles. The van der Waals surface area contributed by atoms with Gasteiger partial charge in [-0.05, 0) is 11.6 Å². The van der Waals surface area contributed by atoms with Gasteiger partial charge in [0.15, 0.2) is 10.8 Å². The minimum absolute atomic E-state index is 0. The number of amides is 2. The number of oxime groups is 1. The summed E-state index contributed by atoms with van der Waals surface area (Å²) in [5, 5.41) is 27.6. The fraction of sp³-hybridized carbons (Fsp3) is 0.176. The summed E-state index contributed by atoms with van der Waals surface area (Å²) in [4.78, 5) is 46.5. The molecular weight excluding hydrogens is 523 g/mol. The van der Waals surface area contributed by atoms with Crippen molar-refractivity contribution in [3.05, 3.63) is 44.0 Å². The molecule has 4 rings (SSSR count). The molecule has 2 aliphatic heterocycles. The second-order valence-electron chi connectivity index (χ2n) is 6.38. The second-order valence-corrected chi connectivity index (χ2v) is 9.62. The Hall–Kier alpha value is -1.94. The number of carboxylic acids is 1. The summed E-state index contributed by atoms with van der Waals surface area (Å²) in [5.74, 6) is -2.74. The second kappa shape index (κ2) is 10.5. The Morgan fingerprint density at radius 2 is 2.15 bits per heavy atom. The van der Waals surface area contributed by atoms with Crippen LogP contribution in [-0.2, 0) is 14.4 Å². The summed E-state index contributed by atoms with van der Waals surface area (Å²) >= 11 is 9.55. The molecule has 0 saturated carbocycles. The van der Waals surface area contributed by atoms with Crippen molar-refractivity contribution in [2.75, 3.05) is 11.5 Å². The molecule has 16 heteroatoms. The topological polar surface area (TPSA) is 174 Å². The number of halogens is 1. The summed E-state index contributed by atoms with van der Waals surface area (Å²) in [6, 6.07) is -1.02. The van der Waals surface area contributed by atoms with Crippen LogP contribution in [0.3, 0.4) is 0 Å². The first-order valence-electron chi connectivity index (χ1n) is 8.72. The molecule has 2 atom stereocenters. The molecule has 2 amide bonds. The van der Waals surface area contributed by atoms with E-state index in [2.05, 4.69) is 20.4 Å². The van der Waals surface area contributed by atoms with Crippen LogP contribution < -0.4 is 45.7 Å². The van der Waals surface area contributed by atoms with Crippen LogP contribution in [0.25, 0.3) is 6.08 Å². The third-order valence-electron chi connectivity index (χ3n) is 4.54. The largest absolute Gasteiger partial charge is 1.00 e. The number of nitrogens with zero attached hydrogens (tertiary/aromatic N) is 4. The molecule has 11 nitrogen and oxygen atoms in total. The van der Waals surface area contributed by atoms with Gasteiger partial charge < -0.3 is 26.2 Å². The number of β-lactam (4-membered cyclic amide) rings is 1. The number of fused-ring (bicyclic) bond motifs is 1. The Bertz CT molecular complexity index is 1210. The number of thioether (sulfide) groups is 1. The zero-order valence-corrected chi connectivity index (χ0v) is 21.9. The van der Waals surface area contributed by atoms with Crippen LogP contribution in [0.4, 0.5) is 5.13 Å². The van der Waals surface area contributed by atoms with E-state index in [0.717, 1.165) is 16.2 Å². The van der Waals surface area contributed by atoms with Gasteiger partial charge in [0.1, 0.15) is 22.3 Å². The number of hydrogen-bond donors (Lipinski definition) is 3. The number of carboxylic acid groups (broad SMARTS) is 1. The Morgan fingerprint density at radius 3 is 2.73 bits per heavy atom. The standard InChI is InChI=1S/C17H13ClN6O5S3.Na/c18-12-8(32-5-20-12)2-1-6-3-30-15-10(14(26)24(15)11(6)16(27)28)22-13(25)9(23-29)7-4-31-17(19)21-7;/h1-2,4-5,10,15,29H,3H2,(H2,19,21)(H,22,25)(H,27,28);/q;+1/p-1/t10?,15-;/m0./s1. The number of rotatable bonds is 6. The van der Waals surface area contributed by atoms with Crippen molar-refractivity contribution in [1.29, 1.82) is 0 Å². The Labute approximate surface area is 225 Å². The molecule has 2 aromatic heterocycles. The molecule has 0 radical (unpaired) electrons. The maximum absolute atomic E-state index is 12.7. The minimum Gasteiger partial charge on any atom is -0.543 e. The van der Waals surface area contributed by atoms with E-state index in [4.69, 9.17) is 17.3 Å². The molecule has 0 spiro atoms. The molecule has 2 aromatic rings. The molecule has 0 bridgehead atoms. The number of allylic oxidation sites excluding steroid dienone is 1. The van der Waals surface area contributed by atoms with Gasteiger partial charge in [-0.3, -0.25) is 14.5 Å². The molecule has 0 aromatic carbocycles. The number of nitrogen functional groups attached to an aromatic ring is 1. The number of hydrogen-bond acceptors (Lipinski definition) is 12. The van der Waals surface area contributed by atoms with Gasteiger partial charge in [-0.15, -0.1) is 34.4 Å². The summed E-state index contributed by atoms with van der Waals surface area (Å²) in [7, 11) is 0. The first kappa shape index (κ1) is 25.7. The predicted molar refractivity (Wildman–Crippen MR) is 118 cm³/mol. The van der Waals surface area contributed by atoms with Gasteiger partial charge in [0.2, 0.25) is 0 Å². The van der Waals surface area contributed by atoms with Crippen LogP contribution in [0.2, 0.25) is 5.15 Å². The van der Waals surface area contributed by atoms with Gasteiger partial charge in [-0.2, -0.15) is 0 Å². The number of carbonyl (C=O) groups is 3. The Kier molecular flexibility index (Phi) is 8.21. The van der Waals surface area contributed by atoms with Crippen LogP contribution >= 0.6 is 46.0 Å². The smallest absolute Gasteiger partial charge is 0.543 e. The van der Waals surface area contributed by atoms with Crippen molar-refractivity contribution in [3.63, 3.8) is 0 Å². The van der Waals surface area contributed by atoms with Crippen LogP contribution in [0, 0.1) is 0 Å². The van der Waals surface area contributed by atoms with E-state index < -0.39 is 34.9 Å². The maximum Gasteiger partial charge on any atom is 1.00 e. The fourth-order valence-corrected chi connectivity index (χ4v) is 5.84. The zero-order valence-electron chi connectivity index (χ0n) is 16.7. The van der Waals surface area contributed by atoms with Crippen molar-refractivity contribution in [1.82, 2.24) is 20.2 Å². The van der Waals surface area contributed by atoms with E-state index in [0.29, 0.717) is 10.5 Å². The van der Waals surface area contributed by atoms with Crippen molar-refractivity contribution in [2.24, 2.45) is 5.16 Å². The molecule has 2 aliphatic rings. The summed E-state index contributed by atoms with van der Waals surface area (Å²) in [5.41, 5.74) is 6.82. The van der Waals surface area contributed by atoms with E-state index in [-0.39, 0.29) is 57.0 Å². The molecule has 166 valence electrons. The normalized spacial score (nSPS) is 20.3.